The molecule has 0 spiro atoms. The normalized spacial score (nSPS) is 11.9. The zero-order valence-electron chi connectivity index (χ0n) is 11.8. The number of aliphatic hydroxyl groups excluding tert-OH is 1. The Kier molecular flexibility index (Phi) is 5.26. The number of hydrogen-bond donors (Lipinski definition) is 2. The number of carbonyl (C=O) groups excluding carboxylic acids is 1. The van der Waals surface area contributed by atoms with E-state index >= 15 is 0 Å². The molecule has 7 heteroatoms. The lowest BCUT2D eigenvalue weighted by Gasteiger charge is -2.09. The van der Waals surface area contributed by atoms with Gasteiger partial charge in [-0.15, -0.1) is 0 Å². The largest absolute Gasteiger partial charge is 0.467 e. The van der Waals surface area contributed by atoms with Crippen LogP contribution in [-0.2, 0) is 11.2 Å². The summed E-state index contributed by atoms with van der Waals surface area (Å²) >= 11 is 0. The number of nitro benzene ring substituents is 1. The van der Waals surface area contributed by atoms with E-state index < -0.39 is 11.0 Å². The van der Waals surface area contributed by atoms with E-state index in [1.807, 2.05) is 0 Å². The van der Waals surface area contributed by atoms with E-state index in [0.29, 0.717) is 24.3 Å². The van der Waals surface area contributed by atoms with Crippen LogP contribution in [0, 0.1) is 10.1 Å². The number of nitrogens with zero attached hydrogens (tertiary/aromatic N) is 1. The Bertz CT molecular complexity index is 622. The average Bonchev–Trinajstić information content (AvgIpc) is 3.02. The van der Waals surface area contributed by atoms with E-state index in [-0.39, 0.29) is 18.0 Å². The maximum Gasteiger partial charge on any atom is 0.269 e. The van der Waals surface area contributed by atoms with Crippen molar-refractivity contribution in [2.45, 2.75) is 18.9 Å². The van der Waals surface area contributed by atoms with Gasteiger partial charge in [0, 0.05) is 18.7 Å². The average molecular weight is 304 g/mol. The number of non-ortho nitro benzene ring substituents is 1. The number of aliphatic hydroxyl groups is 1. The maximum atomic E-state index is 11.7. The minimum Gasteiger partial charge on any atom is -0.467 e. The summed E-state index contributed by atoms with van der Waals surface area (Å²) in [7, 11) is 0. The second kappa shape index (κ2) is 7.37. The highest BCUT2D eigenvalue weighted by Crippen LogP contribution is 2.16. The van der Waals surface area contributed by atoms with Crippen molar-refractivity contribution in [1.82, 2.24) is 5.32 Å². The first-order chi connectivity index (χ1) is 10.6. The summed E-state index contributed by atoms with van der Waals surface area (Å²) in [6.45, 7) is 0.313. The molecule has 1 amide bonds. The van der Waals surface area contributed by atoms with Crippen LogP contribution in [0.3, 0.4) is 0 Å². The number of rotatable bonds is 7. The van der Waals surface area contributed by atoms with Crippen molar-refractivity contribution in [1.29, 1.82) is 0 Å². The van der Waals surface area contributed by atoms with Crippen LogP contribution in [0.1, 0.15) is 23.8 Å². The van der Waals surface area contributed by atoms with Gasteiger partial charge < -0.3 is 14.8 Å². The van der Waals surface area contributed by atoms with Crippen molar-refractivity contribution >= 4 is 11.6 Å². The number of carbonyl (C=O) groups is 1. The van der Waals surface area contributed by atoms with Crippen molar-refractivity contribution in [3.63, 3.8) is 0 Å². The van der Waals surface area contributed by atoms with E-state index in [1.54, 1.807) is 24.3 Å². The second-order valence-electron chi connectivity index (χ2n) is 4.77. The second-order valence-corrected chi connectivity index (χ2v) is 4.77. The van der Waals surface area contributed by atoms with E-state index in [2.05, 4.69) is 5.32 Å². The number of benzene rings is 1. The molecule has 1 atom stereocenters. The third-order valence-electron chi connectivity index (χ3n) is 3.12. The molecule has 22 heavy (non-hydrogen) atoms. The summed E-state index contributed by atoms with van der Waals surface area (Å²) in [5, 5.41) is 23.0. The molecule has 0 radical (unpaired) electrons. The van der Waals surface area contributed by atoms with Gasteiger partial charge >= 0.3 is 0 Å². The summed E-state index contributed by atoms with van der Waals surface area (Å²) in [5.74, 6) is 0.255. The quantitative estimate of drug-likeness (QED) is 0.601. The van der Waals surface area contributed by atoms with Crippen LogP contribution in [-0.4, -0.2) is 22.5 Å². The number of nitro groups is 1. The van der Waals surface area contributed by atoms with Gasteiger partial charge in [0.25, 0.3) is 5.69 Å². The smallest absolute Gasteiger partial charge is 0.269 e. The van der Waals surface area contributed by atoms with Gasteiger partial charge in [0.15, 0.2) is 0 Å². The SMILES string of the molecule is O=C(Cc1ccc([N+](=O)[O-])cc1)NCCC(O)c1ccco1. The van der Waals surface area contributed by atoms with Crippen LogP contribution in [0.5, 0.6) is 0 Å². The first kappa shape index (κ1) is 15.7. The van der Waals surface area contributed by atoms with Crippen LogP contribution >= 0.6 is 0 Å². The number of furan rings is 1. The predicted octanol–water partition coefficient (Wildman–Crippen LogP) is 1.97. The van der Waals surface area contributed by atoms with Gasteiger partial charge in [-0.1, -0.05) is 12.1 Å². The monoisotopic (exact) mass is 304 g/mol. The molecular formula is C15H16N2O5. The molecule has 0 saturated carbocycles. The molecule has 1 heterocycles. The first-order valence-electron chi connectivity index (χ1n) is 6.78. The molecule has 1 unspecified atom stereocenters. The van der Waals surface area contributed by atoms with Gasteiger partial charge in [-0.2, -0.15) is 0 Å². The van der Waals surface area contributed by atoms with Crippen LogP contribution in [0.15, 0.2) is 47.1 Å². The molecule has 0 aliphatic rings. The van der Waals surface area contributed by atoms with Gasteiger partial charge in [0.05, 0.1) is 17.6 Å². The lowest BCUT2D eigenvalue weighted by atomic mass is 10.1. The summed E-state index contributed by atoms with van der Waals surface area (Å²) in [5.41, 5.74) is 0.681. The highest BCUT2D eigenvalue weighted by Gasteiger charge is 2.11. The van der Waals surface area contributed by atoms with E-state index in [1.165, 1.54) is 18.4 Å². The molecule has 0 aliphatic heterocycles. The Morgan fingerprint density at radius 3 is 2.64 bits per heavy atom. The lowest BCUT2D eigenvalue weighted by Crippen LogP contribution is -2.27. The molecule has 0 bridgehead atoms. The number of hydrogen-bond acceptors (Lipinski definition) is 5. The number of amides is 1. The van der Waals surface area contributed by atoms with Crippen LogP contribution in [0.4, 0.5) is 5.69 Å². The van der Waals surface area contributed by atoms with Gasteiger partial charge in [0.1, 0.15) is 11.9 Å². The predicted molar refractivity (Wildman–Crippen MR) is 78.1 cm³/mol. The Morgan fingerprint density at radius 2 is 2.05 bits per heavy atom. The van der Waals surface area contributed by atoms with Gasteiger partial charge in [-0.05, 0) is 24.1 Å². The molecule has 0 aliphatic carbocycles. The van der Waals surface area contributed by atoms with Crippen LogP contribution < -0.4 is 5.32 Å². The Morgan fingerprint density at radius 1 is 1.32 bits per heavy atom. The fourth-order valence-electron chi connectivity index (χ4n) is 1.95. The molecule has 116 valence electrons. The van der Waals surface area contributed by atoms with E-state index in [0.717, 1.165) is 0 Å². The van der Waals surface area contributed by atoms with Crippen molar-refractivity contribution in [3.8, 4) is 0 Å². The topological polar surface area (TPSA) is 106 Å². The van der Waals surface area contributed by atoms with Crippen LogP contribution in [0.25, 0.3) is 0 Å². The fourth-order valence-corrected chi connectivity index (χ4v) is 1.95. The van der Waals surface area contributed by atoms with E-state index in [9.17, 15) is 20.0 Å². The highest BCUT2D eigenvalue weighted by molar-refractivity contribution is 5.78. The first-order valence-corrected chi connectivity index (χ1v) is 6.78. The van der Waals surface area contributed by atoms with Crippen molar-refractivity contribution in [2.24, 2.45) is 0 Å². The third-order valence-corrected chi connectivity index (χ3v) is 3.12. The summed E-state index contributed by atoms with van der Waals surface area (Å²) in [6.07, 6.45) is 1.20. The highest BCUT2D eigenvalue weighted by atomic mass is 16.6. The molecule has 0 fully saturated rings. The molecule has 2 N–H and O–H groups in total. The van der Waals surface area contributed by atoms with Crippen LogP contribution in [0.2, 0.25) is 0 Å². The van der Waals surface area contributed by atoms with Crippen molar-refractivity contribution in [3.05, 3.63) is 64.1 Å². The summed E-state index contributed by atoms with van der Waals surface area (Å²) in [6, 6.07) is 9.19. The zero-order valence-corrected chi connectivity index (χ0v) is 11.8. The van der Waals surface area contributed by atoms with Gasteiger partial charge in [-0.3, -0.25) is 14.9 Å². The van der Waals surface area contributed by atoms with Crippen molar-refractivity contribution in [2.75, 3.05) is 6.54 Å². The zero-order chi connectivity index (χ0) is 15.9. The summed E-state index contributed by atoms with van der Waals surface area (Å²) < 4.78 is 5.06. The summed E-state index contributed by atoms with van der Waals surface area (Å²) in [4.78, 5) is 21.8. The Balaban J connectivity index is 1.74. The maximum absolute atomic E-state index is 11.7. The Labute approximate surface area is 126 Å². The Hall–Kier alpha value is -2.67. The molecule has 1 aromatic carbocycles. The number of nitrogens with one attached hydrogen (secondary N) is 1. The molecule has 0 saturated heterocycles. The van der Waals surface area contributed by atoms with E-state index in [4.69, 9.17) is 4.42 Å². The molecule has 7 nitrogen and oxygen atoms in total. The van der Waals surface area contributed by atoms with Crippen molar-refractivity contribution < 1.29 is 19.2 Å². The third kappa shape index (κ3) is 4.42. The standard InChI is InChI=1S/C15H16N2O5/c18-13(14-2-1-9-22-14)7-8-16-15(19)10-11-3-5-12(6-4-11)17(20)21/h1-6,9,13,18H,7-8,10H2,(H,16,19). The fraction of sp³-hybridized carbons (Fsp3) is 0.267. The van der Waals surface area contributed by atoms with Gasteiger partial charge in [-0.25, -0.2) is 0 Å². The minimum atomic E-state index is -0.755. The lowest BCUT2D eigenvalue weighted by molar-refractivity contribution is -0.384. The molecule has 1 aromatic heterocycles. The molecule has 2 rings (SSSR count). The minimum absolute atomic E-state index is 0.00858. The molecule has 2 aromatic rings. The molecular weight excluding hydrogens is 288 g/mol. The van der Waals surface area contributed by atoms with Gasteiger partial charge in [0.2, 0.25) is 5.91 Å².